The highest BCUT2D eigenvalue weighted by Gasteiger charge is 2.37. The minimum atomic E-state index is 0.543. The molecule has 0 saturated carbocycles. The Morgan fingerprint density at radius 3 is 2.63 bits per heavy atom. The SMILES string of the molecule is CCCN1CCC(CNC)C1c1c(C)nn(C)c1C. The van der Waals surface area contributed by atoms with Gasteiger partial charge in [0.05, 0.1) is 5.69 Å². The summed E-state index contributed by atoms with van der Waals surface area (Å²) >= 11 is 0. The Balaban J connectivity index is 2.34. The highest BCUT2D eigenvalue weighted by molar-refractivity contribution is 5.30. The van der Waals surface area contributed by atoms with Crippen molar-refractivity contribution < 1.29 is 0 Å². The van der Waals surface area contributed by atoms with E-state index in [-0.39, 0.29) is 0 Å². The molecule has 1 aromatic rings. The number of hydrogen-bond acceptors (Lipinski definition) is 3. The lowest BCUT2D eigenvalue weighted by Gasteiger charge is -2.28. The van der Waals surface area contributed by atoms with Gasteiger partial charge in [-0.3, -0.25) is 9.58 Å². The summed E-state index contributed by atoms with van der Waals surface area (Å²) in [5.41, 5.74) is 3.99. The van der Waals surface area contributed by atoms with Gasteiger partial charge in [0.2, 0.25) is 0 Å². The Hall–Kier alpha value is -0.870. The second-order valence-electron chi connectivity index (χ2n) is 5.80. The van der Waals surface area contributed by atoms with Gasteiger partial charge in [-0.2, -0.15) is 5.10 Å². The molecule has 0 radical (unpaired) electrons. The molecule has 2 heterocycles. The molecule has 1 fully saturated rings. The maximum atomic E-state index is 4.61. The molecule has 4 heteroatoms. The van der Waals surface area contributed by atoms with Crippen molar-refractivity contribution in [1.82, 2.24) is 20.0 Å². The predicted octanol–water partition coefficient (Wildman–Crippen LogP) is 2.03. The first-order chi connectivity index (χ1) is 9.10. The zero-order chi connectivity index (χ0) is 14.0. The Labute approximate surface area is 117 Å². The van der Waals surface area contributed by atoms with E-state index < -0.39 is 0 Å². The number of nitrogens with zero attached hydrogens (tertiary/aromatic N) is 3. The van der Waals surface area contributed by atoms with Crippen LogP contribution in [0.4, 0.5) is 0 Å². The van der Waals surface area contributed by atoms with Gasteiger partial charge in [0.1, 0.15) is 0 Å². The third kappa shape index (κ3) is 2.70. The fourth-order valence-corrected chi connectivity index (χ4v) is 3.58. The van der Waals surface area contributed by atoms with Crippen LogP contribution in [0.25, 0.3) is 0 Å². The quantitative estimate of drug-likeness (QED) is 0.883. The average molecular weight is 264 g/mol. The van der Waals surface area contributed by atoms with Crippen molar-refractivity contribution in [2.75, 3.05) is 26.7 Å². The Bertz CT molecular complexity index is 410. The zero-order valence-electron chi connectivity index (χ0n) is 13.0. The first kappa shape index (κ1) is 14.5. The Kier molecular flexibility index (Phi) is 4.63. The van der Waals surface area contributed by atoms with Crippen LogP contribution in [0, 0.1) is 19.8 Å². The lowest BCUT2D eigenvalue weighted by Crippen LogP contribution is -2.30. The van der Waals surface area contributed by atoms with E-state index in [0.717, 1.165) is 6.54 Å². The molecule has 2 atom stereocenters. The minimum Gasteiger partial charge on any atom is -0.319 e. The first-order valence-electron chi connectivity index (χ1n) is 7.48. The number of aryl methyl sites for hydroxylation is 2. The van der Waals surface area contributed by atoms with E-state index in [4.69, 9.17) is 0 Å². The molecule has 0 bridgehead atoms. The number of aromatic nitrogens is 2. The van der Waals surface area contributed by atoms with Crippen molar-refractivity contribution >= 4 is 0 Å². The molecule has 2 rings (SSSR count). The van der Waals surface area contributed by atoms with Crippen LogP contribution in [0.5, 0.6) is 0 Å². The lowest BCUT2D eigenvalue weighted by atomic mass is 9.92. The number of likely N-dealkylation sites (tertiary alicyclic amines) is 1. The van der Waals surface area contributed by atoms with Gasteiger partial charge in [-0.05, 0) is 59.3 Å². The van der Waals surface area contributed by atoms with Crippen LogP contribution in [0.3, 0.4) is 0 Å². The van der Waals surface area contributed by atoms with Crippen LogP contribution >= 0.6 is 0 Å². The summed E-state index contributed by atoms with van der Waals surface area (Å²) in [6.45, 7) is 10.1. The molecule has 1 aliphatic rings. The molecule has 0 spiro atoms. The predicted molar refractivity (Wildman–Crippen MR) is 79.3 cm³/mol. The van der Waals surface area contributed by atoms with Crippen LogP contribution in [-0.2, 0) is 7.05 Å². The van der Waals surface area contributed by atoms with E-state index in [9.17, 15) is 0 Å². The summed E-state index contributed by atoms with van der Waals surface area (Å²) in [4.78, 5) is 2.65. The Morgan fingerprint density at radius 1 is 1.37 bits per heavy atom. The molecule has 1 aliphatic heterocycles. The molecule has 19 heavy (non-hydrogen) atoms. The van der Waals surface area contributed by atoms with Gasteiger partial charge in [-0.1, -0.05) is 6.92 Å². The van der Waals surface area contributed by atoms with E-state index in [0.29, 0.717) is 12.0 Å². The molecular weight excluding hydrogens is 236 g/mol. The molecule has 1 aromatic heterocycles. The zero-order valence-corrected chi connectivity index (χ0v) is 13.0. The number of hydrogen-bond donors (Lipinski definition) is 1. The number of nitrogens with one attached hydrogen (secondary N) is 1. The molecule has 1 saturated heterocycles. The van der Waals surface area contributed by atoms with Crippen molar-refractivity contribution in [2.45, 2.75) is 39.7 Å². The van der Waals surface area contributed by atoms with Gasteiger partial charge in [-0.15, -0.1) is 0 Å². The van der Waals surface area contributed by atoms with E-state index in [1.54, 1.807) is 0 Å². The third-order valence-corrected chi connectivity index (χ3v) is 4.46. The molecule has 0 aromatic carbocycles. The van der Waals surface area contributed by atoms with Crippen molar-refractivity contribution in [3.05, 3.63) is 17.0 Å². The maximum Gasteiger partial charge on any atom is 0.0644 e. The summed E-state index contributed by atoms with van der Waals surface area (Å²) in [6, 6.07) is 0.543. The summed E-state index contributed by atoms with van der Waals surface area (Å²) in [5, 5.41) is 7.98. The fourth-order valence-electron chi connectivity index (χ4n) is 3.58. The van der Waals surface area contributed by atoms with Gasteiger partial charge < -0.3 is 5.32 Å². The summed E-state index contributed by atoms with van der Waals surface area (Å²) in [6.07, 6.45) is 2.51. The van der Waals surface area contributed by atoms with E-state index >= 15 is 0 Å². The van der Waals surface area contributed by atoms with E-state index in [1.807, 2.05) is 4.68 Å². The maximum absolute atomic E-state index is 4.61. The van der Waals surface area contributed by atoms with Crippen LogP contribution < -0.4 is 5.32 Å². The van der Waals surface area contributed by atoms with Crippen molar-refractivity contribution in [3.63, 3.8) is 0 Å². The van der Waals surface area contributed by atoms with Crippen LogP contribution in [0.15, 0.2) is 0 Å². The Morgan fingerprint density at radius 2 is 2.11 bits per heavy atom. The lowest BCUT2D eigenvalue weighted by molar-refractivity contribution is 0.226. The molecule has 4 nitrogen and oxygen atoms in total. The fraction of sp³-hybridized carbons (Fsp3) is 0.800. The molecule has 1 N–H and O–H groups in total. The molecule has 2 unspecified atom stereocenters. The average Bonchev–Trinajstić information content (AvgIpc) is 2.84. The summed E-state index contributed by atoms with van der Waals surface area (Å²) in [7, 11) is 4.11. The molecule has 108 valence electrons. The highest BCUT2D eigenvalue weighted by atomic mass is 15.3. The van der Waals surface area contributed by atoms with Crippen molar-refractivity contribution in [2.24, 2.45) is 13.0 Å². The van der Waals surface area contributed by atoms with Crippen LogP contribution in [0.1, 0.15) is 42.8 Å². The standard InChI is InChI=1S/C15H28N4/c1-6-8-19-9-7-13(10-16-4)15(19)14-11(2)17-18(5)12(14)3/h13,15-16H,6-10H2,1-5H3. The van der Waals surface area contributed by atoms with Gasteiger partial charge in [0.15, 0.2) is 0 Å². The van der Waals surface area contributed by atoms with Crippen LogP contribution in [0.2, 0.25) is 0 Å². The second kappa shape index (κ2) is 6.06. The molecular formula is C15H28N4. The van der Waals surface area contributed by atoms with Crippen molar-refractivity contribution in [1.29, 1.82) is 0 Å². The first-order valence-corrected chi connectivity index (χ1v) is 7.48. The summed E-state index contributed by atoms with van der Waals surface area (Å²) < 4.78 is 2.03. The second-order valence-corrected chi connectivity index (χ2v) is 5.80. The monoisotopic (exact) mass is 264 g/mol. The third-order valence-electron chi connectivity index (χ3n) is 4.46. The topological polar surface area (TPSA) is 33.1 Å². The molecule has 0 amide bonds. The summed E-state index contributed by atoms with van der Waals surface area (Å²) in [5.74, 6) is 0.707. The highest BCUT2D eigenvalue weighted by Crippen LogP contribution is 2.39. The van der Waals surface area contributed by atoms with Gasteiger partial charge in [-0.25, -0.2) is 0 Å². The minimum absolute atomic E-state index is 0.543. The molecule has 0 aliphatic carbocycles. The normalized spacial score (nSPS) is 24.3. The van der Waals surface area contributed by atoms with Gasteiger partial charge in [0, 0.05) is 24.3 Å². The smallest absolute Gasteiger partial charge is 0.0644 e. The van der Waals surface area contributed by atoms with E-state index in [2.05, 4.69) is 50.2 Å². The van der Waals surface area contributed by atoms with Gasteiger partial charge >= 0.3 is 0 Å². The van der Waals surface area contributed by atoms with Crippen molar-refractivity contribution in [3.8, 4) is 0 Å². The van der Waals surface area contributed by atoms with Crippen LogP contribution in [-0.4, -0.2) is 41.4 Å². The largest absolute Gasteiger partial charge is 0.319 e. The van der Waals surface area contributed by atoms with E-state index in [1.165, 1.54) is 42.9 Å². The number of rotatable bonds is 5. The van der Waals surface area contributed by atoms with Gasteiger partial charge in [0.25, 0.3) is 0 Å².